The zero-order valence-corrected chi connectivity index (χ0v) is 17.1. The van der Waals surface area contributed by atoms with Gasteiger partial charge in [-0.2, -0.15) is 5.10 Å². The number of hydrazone groups is 1. The number of carbonyl (C=O) groups excluding carboxylic acids is 1. The lowest BCUT2D eigenvalue weighted by molar-refractivity contribution is 0.0956. The Bertz CT molecular complexity index is 1050. The maximum Gasteiger partial charge on any atom is 0.272 e. The van der Waals surface area contributed by atoms with Crippen LogP contribution in [-0.2, 0) is 6.42 Å². The van der Waals surface area contributed by atoms with Gasteiger partial charge in [0, 0.05) is 11.1 Å². The van der Waals surface area contributed by atoms with Gasteiger partial charge in [0.05, 0.1) is 6.21 Å². The number of fused-ring (bicyclic) bond motifs is 1. The molecule has 0 radical (unpaired) electrons. The van der Waals surface area contributed by atoms with Crippen molar-refractivity contribution < 1.29 is 9.90 Å². The lowest BCUT2D eigenvalue weighted by Gasteiger charge is -2.06. The van der Waals surface area contributed by atoms with Crippen LogP contribution in [0.4, 0.5) is 0 Å². The summed E-state index contributed by atoms with van der Waals surface area (Å²) in [4.78, 5) is 12.8. The highest BCUT2D eigenvalue weighted by atomic mass is 16.3. The van der Waals surface area contributed by atoms with Gasteiger partial charge in [0.2, 0.25) is 0 Å². The van der Waals surface area contributed by atoms with Gasteiger partial charge in [0.1, 0.15) is 5.75 Å². The van der Waals surface area contributed by atoms with E-state index in [9.17, 15) is 9.90 Å². The number of carbonyl (C=O) groups is 1. The zero-order chi connectivity index (χ0) is 21.0. The van der Waals surface area contributed by atoms with Crippen LogP contribution in [0, 0.1) is 6.92 Å². The second kappa shape index (κ2) is 8.74. The average Bonchev–Trinajstić information content (AvgIpc) is 2.86. The van der Waals surface area contributed by atoms with Crippen LogP contribution in [0.3, 0.4) is 0 Å². The highest BCUT2D eigenvalue weighted by Gasteiger charge is 2.18. The van der Waals surface area contributed by atoms with Crippen molar-refractivity contribution in [1.29, 1.82) is 0 Å². The number of amides is 1. The maximum atomic E-state index is 12.8. The van der Waals surface area contributed by atoms with E-state index in [-0.39, 0.29) is 11.7 Å². The molecule has 148 valence electrons. The summed E-state index contributed by atoms with van der Waals surface area (Å²) in [5.74, 6) is 0.233. The van der Waals surface area contributed by atoms with Crippen molar-refractivity contribution in [2.24, 2.45) is 5.10 Å². The number of para-hydroxylation sites is 1. The highest BCUT2D eigenvalue weighted by Crippen LogP contribution is 2.33. The molecule has 0 atom stereocenters. The number of hydrogen-bond acceptors (Lipinski definition) is 3. The first-order chi connectivity index (χ1) is 13.9. The number of phenols is 1. The number of aromatic hydroxyl groups is 1. The van der Waals surface area contributed by atoms with Crippen LogP contribution in [0.25, 0.3) is 11.1 Å². The van der Waals surface area contributed by atoms with Gasteiger partial charge < -0.3 is 5.11 Å². The number of phenolic OH excluding ortho intramolecular Hbond substituents is 1. The molecule has 2 aliphatic carbocycles. The first kappa shape index (κ1) is 20.3. The Balaban J connectivity index is 1.86. The Morgan fingerprint density at radius 3 is 2.66 bits per heavy atom. The third-order valence-electron chi connectivity index (χ3n) is 5.02. The molecule has 29 heavy (non-hydrogen) atoms. The molecule has 0 unspecified atom stereocenters. The molecule has 4 heteroatoms. The molecule has 4 nitrogen and oxygen atoms in total. The number of benzene rings is 1. The lowest BCUT2D eigenvalue weighted by atomic mass is 10.0. The standard InChI is InChI=1S/C25H26N2O2/c1-5-8-18-9-6-11-20(24(18)28)15-26-27-25(29)23-13-17(4)21-12-7-10-19(16(2)3)14-22(21)23/h5-7,9-16,28H,1,8H2,2-4H3,(H,27,29)/b26-15+. The van der Waals surface area contributed by atoms with E-state index in [1.165, 1.54) is 11.8 Å². The summed E-state index contributed by atoms with van der Waals surface area (Å²) in [5.41, 5.74) is 8.69. The number of hydrogen-bond donors (Lipinski definition) is 2. The first-order valence-electron chi connectivity index (χ1n) is 9.70. The summed E-state index contributed by atoms with van der Waals surface area (Å²) < 4.78 is 0. The Morgan fingerprint density at radius 1 is 1.17 bits per heavy atom. The third kappa shape index (κ3) is 4.37. The summed E-state index contributed by atoms with van der Waals surface area (Å²) in [5, 5.41) is 14.4. The molecule has 0 saturated heterocycles. The van der Waals surface area contributed by atoms with Crippen molar-refractivity contribution in [3.05, 3.63) is 89.0 Å². The van der Waals surface area contributed by atoms with Crippen LogP contribution >= 0.6 is 0 Å². The molecule has 1 aromatic rings. The fraction of sp³-hybridized carbons (Fsp3) is 0.200. The smallest absolute Gasteiger partial charge is 0.272 e. The van der Waals surface area contributed by atoms with Crippen molar-refractivity contribution in [2.45, 2.75) is 33.1 Å². The van der Waals surface area contributed by atoms with Gasteiger partial charge in [-0.3, -0.25) is 4.79 Å². The predicted molar refractivity (Wildman–Crippen MR) is 119 cm³/mol. The number of aryl methyl sites for hydroxylation is 1. The summed E-state index contributed by atoms with van der Waals surface area (Å²) >= 11 is 0. The molecule has 0 bridgehead atoms. The highest BCUT2D eigenvalue weighted by molar-refractivity contribution is 6.03. The summed E-state index contributed by atoms with van der Waals surface area (Å²) in [6.45, 7) is 9.96. The second-order valence-electron chi connectivity index (χ2n) is 7.44. The molecule has 0 aliphatic heterocycles. The molecule has 0 fully saturated rings. The van der Waals surface area contributed by atoms with Gasteiger partial charge in [0.15, 0.2) is 0 Å². The van der Waals surface area contributed by atoms with E-state index < -0.39 is 0 Å². The van der Waals surface area contributed by atoms with E-state index >= 15 is 0 Å². The van der Waals surface area contributed by atoms with Crippen LogP contribution in [0.1, 0.15) is 52.4 Å². The summed E-state index contributed by atoms with van der Waals surface area (Å²) in [6.07, 6.45) is 3.75. The number of nitrogens with one attached hydrogen (secondary N) is 1. The Hall–Kier alpha value is -3.40. The maximum absolute atomic E-state index is 12.8. The molecule has 2 N–H and O–H groups in total. The van der Waals surface area contributed by atoms with E-state index in [2.05, 4.69) is 43.1 Å². The largest absolute Gasteiger partial charge is 0.507 e. The fourth-order valence-electron chi connectivity index (χ4n) is 3.38. The van der Waals surface area contributed by atoms with Crippen molar-refractivity contribution >= 4 is 12.1 Å². The summed E-state index contributed by atoms with van der Waals surface area (Å²) in [6, 6.07) is 15.5. The molecule has 0 aromatic heterocycles. The molecule has 0 saturated carbocycles. The number of allylic oxidation sites excluding steroid dienone is 1. The molecule has 3 rings (SSSR count). The second-order valence-corrected chi connectivity index (χ2v) is 7.44. The number of rotatable bonds is 6. The lowest BCUT2D eigenvalue weighted by Crippen LogP contribution is -2.17. The molecule has 1 amide bonds. The third-order valence-corrected chi connectivity index (χ3v) is 5.02. The van der Waals surface area contributed by atoms with Gasteiger partial charge in [-0.05, 0) is 59.2 Å². The van der Waals surface area contributed by atoms with E-state index in [1.54, 1.807) is 12.1 Å². The molecule has 0 heterocycles. The predicted octanol–water partition coefficient (Wildman–Crippen LogP) is 5.42. The van der Waals surface area contributed by atoms with Gasteiger partial charge >= 0.3 is 0 Å². The number of nitrogens with zero attached hydrogens (tertiary/aromatic N) is 1. The first-order valence-corrected chi connectivity index (χ1v) is 9.70. The molecular formula is C25H26N2O2. The van der Waals surface area contributed by atoms with Crippen LogP contribution in [0.5, 0.6) is 5.75 Å². The SMILES string of the molecule is C=CCc1cccc(/C=N/NC(=O)c2cc(C)c3cccc(C(C)C)cc2-3)c1O. The Labute approximate surface area is 171 Å². The van der Waals surface area contributed by atoms with Crippen LogP contribution < -0.4 is 5.43 Å². The molecular weight excluding hydrogens is 360 g/mol. The molecule has 1 aromatic carbocycles. The van der Waals surface area contributed by atoms with Gasteiger partial charge in [-0.25, -0.2) is 5.43 Å². The van der Waals surface area contributed by atoms with Gasteiger partial charge in [-0.1, -0.05) is 56.3 Å². The van der Waals surface area contributed by atoms with E-state index in [0.717, 1.165) is 22.3 Å². The van der Waals surface area contributed by atoms with Crippen molar-refractivity contribution in [1.82, 2.24) is 5.43 Å². The topological polar surface area (TPSA) is 61.7 Å². The van der Waals surface area contributed by atoms with E-state index in [4.69, 9.17) is 0 Å². The quantitative estimate of drug-likeness (QED) is 0.337. The fourth-order valence-corrected chi connectivity index (χ4v) is 3.38. The normalized spacial score (nSPS) is 11.3. The van der Waals surface area contributed by atoms with Crippen molar-refractivity contribution in [3.63, 3.8) is 0 Å². The van der Waals surface area contributed by atoms with E-state index in [0.29, 0.717) is 23.5 Å². The summed E-state index contributed by atoms with van der Waals surface area (Å²) in [7, 11) is 0. The van der Waals surface area contributed by atoms with Crippen LogP contribution in [0.2, 0.25) is 0 Å². The van der Waals surface area contributed by atoms with Crippen molar-refractivity contribution in [3.8, 4) is 16.9 Å². The van der Waals surface area contributed by atoms with Crippen LogP contribution in [0.15, 0.2) is 66.3 Å². The monoisotopic (exact) mass is 386 g/mol. The average molecular weight is 386 g/mol. The van der Waals surface area contributed by atoms with E-state index in [1.807, 2.05) is 37.3 Å². The Kier molecular flexibility index (Phi) is 6.13. The molecule has 2 aliphatic rings. The minimum atomic E-state index is -0.276. The van der Waals surface area contributed by atoms with Gasteiger partial charge in [0.25, 0.3) is 5.91 Å². The van der Waals surface area contributed by atoms with Crippen molar-refractivity contribution in [2.75, 3.05) is 0 Å². The zero-order valence-electron chi connectivity index (χ0n) is 17.1. The Morgan fingerprint density at radius 2 is 1.93 bits per heavy atom. The molecule has 0 spiro atoms. The van der Waals surface area contributed by atoms with Crippen LogP contribution in [-0.4, -0.2) is 17.2 Å². The minimum absolute atomic E-state index is 0.147. The minimum Gasteiger partial charge on any atom is -0.507 e. The van der Waals surface area contributed by atoms with Gasteiger partial charge in [-0.15, -0.1) is 6.58 Å².